The van der Waals surface area contributed by atoms with Crippen LogP contribution in [0.5, 0.6) is 0 Å². The second-order valence-electron chi connectivity index (χ2n) is 12.5. The Hall–Kier alpha value is -6.65. The number of nitrogens with zero attached hydrogens (tertiary/aromatic N) is 4. The van der Waals surface area contributed by atoms with Gasteiger partial charge in [-0.25, -0.2) is 9.97 Å². The largest absolute Gasteiger partial charge is 0.291 e. The van der Waals surface area contributed by atoms with Gasteiger partial charge in [0.2, 0.25) is 0 Å². The lowest BCUT2D eigenvalue weighted by molar-refractivity contribution is 1.08. The molecule has 4 nitrogen and oxygen atoms in total. The van der Waals surface area contributed by atoms with Crippen molar-refractivity contribution in [1.82, 2.24) is 19.5 Å². The molecular weight excluding hydrogens is 597 g/mol. The third-order valence-electron chi connectivity index (χ3n) is 9.63. The molecule has 0 fully saturated rings. The smallest absolute Gasteiger partial charge is 0.164 e. The minimum atomic E-state index is 0.827. The van der Waals surface area contributed by atoms with Gasteiger partial charge in [-0.15, -0.1) is 0 Å². The Morgan fingerprint density at radius 3 is 1.80 bits per heavy atom. The van der Waals surface area contributed by atoms with Crippen LogP contribution in [-0.2, 0) is 0 Å². The Bertz CT molecular complexity index is 2780. The van der Waals surface area contributed by atoms with Gasteiger partial charge in [-0.05, 0) is 69.9 Å². The Kier molecular flexibility index (Phi) is 6.15. The number of pyridine rings is 2. The summed E-state index contributed by atoms with van der Waals surface area (Å²) >= 11 is 0. The van der Waals surface area contributed by atoms with E-state index in [-0.39, 0.29) is 0 Å². The summed E-state index contributed by atoms with van der Waals surface area (Å²) in [7, 11) is 0. The predicted octanol–water partition coefficient (Wildman–Crippen LogP) is 11.4. The van der Waals surface area contributed by atoms with Crippen molar-refractivity contribution >= 4 is 54.4 Å². The molecule has 0 unspecified atom stereocenters. The van der Waals surface area contributed by atoms with Crippen molar-refractivity contribution in [2.24, 2.45) is 0 Å². The Labute approximate surface area is 282 Å². The molecule has 0 saturated carbocycles. The second-order valence-corrected chi connectivity index (χ2v) is 12.5. The normalized spacial score (nSPS) is 11.7. The first-order valence-corrected chi connectivity index (χ1v) is 16.5. The molecule has 0 aliphatic rings. The molecule has 0 spiro atoms. The van der Waals surface area contributed by atoms with Crippen LogP contribution in [0.1, 0.15) is 0 Å². The standard InChI is InChI=1S/C45H28N4/c1-3-14-35-30(10-1)21-25-37-42(38-26-22-31-11-2-4-15-36(31)44(38)48-43(35)37)33-13-9-12-32(28-33)29-19-23-34(24-20-29)49-41-18-6-5-16-39(41)47-45(49)40-17-7-8-27-46-40/h1-28H. The molecule has 3 aromatic heterocycles. The minimum absolute atomic E-state index is 0.827. The van der Waals surface area contributed by atoms with Crippen molar-refractivity contribution < 1.29 is 0 Å². The Morgan fingerprint density at radius 2 is 1.08 bits per heavy atom. The molecule has 0 saturated heterocycles. The van der Waals surface area contributed by atoms with E-state index in [1.165, 1.54) is 32.7 Å². The Morgan fingerprint density at radius 1 is 0.429 bits per heavy atom. The minimum Gasteiger partial charge on any atom is -0.291 e. The van der Waals surface area contributed by atoms with Crippen molar-refractivity contribution in [3.63, 3.8) is 0 Å². The average molecular weight is 625 g/mol. The molecule has 7 aromatic carbocycles. The van der Waals surface area contributed by atoms with Gasteiger partial charge in [0.25, 0.3) is 0 Å². The van der Waals surface area contributed by atoms with Gasteiger partial charge < -0.3 is 0 Å². The van der Waals surface area contributed by atoms with Gasteiger partial charge >= 0.3 is 0 Å². The number of fused-ring (bicyclic) bond motifs is 7. The van der Waals surface area contributed by atoms with Gasteiger partial charge in [0.05, 0.1) is 22.1 Å². The van der Waals surface area contributed by atoms with Gasteiger partial charge in [0, 0.05) is 39.0 Å². The van der Waals surface area contributed by atoms with Gasteiger partial charge in [-0.2, -0.15) is 0 Å². The van der Waals surface area contributed by atoms with E-state index in [0.717, 1.165) is 61.2 Å². The van der Waals surface area contributed by atoms with E-state index in [1.807, 2.05) is 30.5 Å². The highest BCUT2D eigenvalue weighted by Crippen LogP contribution is 2.41. The highest BCUT2D eigenvalue weighted by atomic mass is 15.1. The van der Waals surface area contributed by atoms with Crippen molar-refractivity contribution in [3.05, 3.63) is 170 Å². The molecule has 0 atom stereocenters. The molecule has 0 amide bonds. The highest BCUT2D eigenvalue weighted by Gasteiger charge is 2.17. The van der Waals surface area contributed by atoms with Gasteiger partial charge in [-0.1, -0.05) is 121 Å². The van der Waals surface area contributed by atoms with Gasteiger partial charge in [0.1, 0.15) is 5.69 Å². The van der Waals surface area contributed by atoms with Crippen LogP contribution in [0.15, 0.2) is 170 Å². The van der Waals surface area contributed by atoms with E-state index < -0.39 is 0 Å². The first-order chi connectivity index (χ1) is 24.3. The fourth-order valence-corrected chi connectivity index (χ4v) is 7.33. The molecule has 228 valence electrons. The lowest BCUT2D eigenvalue weighted by atomic mass is 9.91. The number of rotatable bonds is 4. The maximum absolute atomic E-state index is 5.37. The summed E-state index contributed by atoms with van der Waals surface area (Å²) in [5.74, 6) is 0.827. The van der Waals surface area contributed by atoms with Crippen molar-refractivity contribution in [3.8, 4) is 39.5 Å². The quantitative estimate of drug-likeness (QED) is 0.145. The first-order valence-electron chi connectivity index (χ1n) is 16.5. The topological polar surface area (TPSA) is 43.6 Å². The zero-order valence-electron chi connectivity index (χ0n) is 26.5. The van der Waals surface area contributed by atoms with Crippen molar-refractivity contribution in [2.75, 3.05) is 0 Å². The number of hydrogen-bond acceptors (Lipinski definition) is 3. The molecule has 0 aliphatic carbocycles. The number of benzene rings is 7. The fourth-order valence-electron chi connectivity index (χ4n) is 7.33. The molecule has 3 heterocycles. The van der Waals surface area contributed by atoms with Crippen molar-refractivity contribution in [1.29, 1.82) is 0 Å². The van der Waals surface area contributed by atoms with Crippen LogP contribution in [-0.4, -0.2) is 19.5 Å². The SMILES string of the molecule is c1ccc(-c2nc3ccccc3n2-c2ccc(-c3cccc(-c4c5ccc6ccccc6c5nc5c4ccc4ccccc45)c3)cc2)nc1. The van der Waals surface area contributed by atoms with Crippen LogP contribution in [0.2, 0.25) is 0 Å². The maximum Gasteiger partial charge on any atom is 0.164 e. The van der Waals surface area contributed by atoms with Crippen LogP contribution in [0, 0.1) is 0 Å². The van der Waals surface area contributed by atoms with Crippen LogP contribution in [0.4, 0.5) is 0 Å². The molecular formula is C45H28N4. The zero-order valence-corrected chi connectivity index (χ0v) is 26.5. The summed E-state index contributed by atoms with van der Waals surface area (Å²) in [6.45, 7) is 0. The lowest BCUT2D eigenvalue weighted by Gasteiger charge is -2.16. The molecule has 49 heavy (non-hydrogen) atoms. The second kappa shape index (κ2) is 11.0. The summed E-state index contributed by atoms with van der Waals surface area (Å²) in [6.07, 6.45) is 1.81. The Balaban J connectivity index is 1.14. The van der Waals surface area contributed by atoms with E-state index in [4.69, 9.17) is 9.97 Å². The van der Waals surface area contributed by atoms with Crippen LogP contribution >= 0.6 is 0 Å². The molecule has 0 N–H and O–H groups in total. The van der Waals surface area contributed by atoms with E-state index in [0.29, 0.717) is 0 Å². The number of aromatic nitrogens is 4. The molecule has 0 bridgehead atoms. The van der Waals surface area contributed by atoms with E-state index >= 15 is 0 Å². The first kappa shape index (κ1) is 27.5. The van der Waals surface area contributed by atoms with Gasteiger partial charge in [-0.3, -0.25) is 9.55 Å². The molecule has 10 aromatic rings. The predicted molar refractivity (Wildman–Crippen MR) is 203 cm³/mol. The van der Waals surface area contributed by atoms with Crippen LogP contribution in [0.25, 0.3) is 93.8 Å². The summed E-state index contributed by atoms with van der Waals surface area (Å²) in [4.78, 5) is 15.0. The third-order valence-corrected chi connectivity index (χ3v) is 9.63. The lowest BCUT2D eigenvalue weighted by Crippen LogP contribution is -1.98. The fraction of sp³-hybridized carbons (Fsp3) is 0. The molecule has 0 aliphatic heterocycles. The van der Waals surface area contributed by atoms with Gasteiger partial charge in [0.15, 0.2) is 5.82 Å². The third kappa shape index (κ3) is 4.42. The zero-order chi connectivity index (χ0) is 32.3. The summed E-state index contributed by atoms with van der Waals surface area (Å²) in [5.41, 5.74) is 10.6. The maximum atomic E-state index is 5.37. The summed E-state index contributed by atoms with van der Waals surface area (Å²) in [5, 5.41) is 7.03. The monoisotopic (exact) mass is 624 g/mol. The summed E-state index contributed by atoms with van der Waals surface area (Å²) < 4.78 is 2.20. The molecule has 10 rings (SSSR count). The number of hydrogen-bond donors (Lipinski definition) is 0. The van der Waals surface area contributed by atoms with E-state index in [1.54, 1.807) is 0 Å². The highest BCUT2D eigenvalue weighted by molar-refractivity contribution is 6.21. The number of imidazole rings is 1. The van der Waals surface area contributed by atoms with Crippen LogP contribution in [0.3, 0.4) is 0 Å². The van der Waals surface area contributed by atoms with E-state index in [2.05, 4.69) is 149 Å². The van der Waals surface area contributed by atoms with Crippen molar-refractivity contribution in [2.45, 2.75) is 0 Å². The molecule has 4 heteroatoms. The van der Waals surface area contributed by atoms with Crippen LogP contribution < -0.4 is 0 Å². The number of para-hydroxylation sites is 2. The van der Waals surface area contributed by atoms with E-state index in [9.17, 15) is 0 Å². The summed E-state index contributed by atoms with van der Waals surface area (Å²) in [6, 6.07) is 57.9. The molecule has 0 radical (unpaired) electrons. The average Bonchev–Trinajstić information content (AvgIpc) is 3.57.